The molecule has 0 amide bonds. The minimum absolute atomic E-state index is 0.0134. The fourth-order valence-electron chi connectivity index (χ4n) is 10.1. The first kappa shape index (κ1) is 59.9. The predicted octanol–water partition coefficient (Wildman–Crippen LogP) is 17.5. The molecule has 0 N–H and O–H groups in total. The van der Waals surface area contributed by atoms with E-state index >= 15 is 0 Å². The molecule has 1 rings (SSSR count). The van der Waals surface area contributed by atoms with Crippen LogP contribution in [0.3, 0.4) is 0 Å². The van der Waals surface area contributed by atoms with E-state index in [9.17, 15) is 9.59 Å². The molecule has 0 saturated carbocycles. The first-order valence-corrected chi connectivity index (χ1v) is 28.5. The van der Waals surface area contributed by atoms with Gasteiger partial charge in [0.05, 0.1) is 24.9 Å². The number of nitrogens with zero attached hydrogens (tertiary/aromatic N) is 1. The minimum atomic E-state index is -0.0484. The van der Waals surface area contributed by atoms with Crippen molar-refractivity contribution >= 4 is 11.9 Å². The average molecular weight is 891 g/mol. The Balaban J connectivity index is 2.33. The first-order valence-electron chi connectivity index (χ1n) is 28.5. The summed E-state index contributed by atoms with van der Waals surface area (Å²) >= 11 is 0. The van der Waals surface area contributed by atoms with E-state index in [1.54, 1.807) is 0 Å². The van der Waals surface area contributed by atoms with Crippen molar-refractivity contribution in [1.82, 2.24) is 4.90 Å². The maximum Gasteiger partial charge on any atom is 0.305 e. The van der Waals surface area contributed by atoms with Crippen LogP contribution in [0.4, 0.5) is 0 Å². The van der Waals surface area contributed by atoms with Gasteiger partial charge in [0.1, 0.15) is 0 Å². The molecule has 374 valence electrons. The Bertz CT molecular complexity index is 917. The highest BCUT2D eigenvalue weighted by atomic mass is 16.5. The molecule has 0 aromatic carbocycles. The lowest BCUT2D eigenvalue weighted by Gasteiger charge is -2.37. The Morgan fingerprint density at radius 1 is 0.460 bits per heavy atom. The van der Waals surface area contributed by atoms with Crippen LogP contribution in [-0.4, -0.2) is 61.4 Å². The van der Waals surface area contributed by atoms with Crippen molar-refractivity contribution in [2.45, 2.75) is 310 Å². The minimum Gasteiger partial charge on any atom is -0.466 e. The van der Waals surface area contributed by atoms with Gasteiger partial charge in [-0.2, -0.15) is 0 Å². The lowest BCUT2D eigenvalue weighted by molar-refractivity contribution is -0.145. The highest BCUT2D eigenvalue weighted by Crippen LogP contribution is 2.30. The van der Waals surface area contributed by atoms with Crippen LogP contribution in [-0.2, 0) is 23.8 Å². The number of unbranched alkanes of at least 4 members (excludes halogenated alkanes) is 20. The molecular weight excluding hydrogens is 779 g/mol. The number of carbonyl (C=O) groups is 2. The summed E-state index contributed by atoms with van der Waals surface area (Å²) in [6.07, 6.45) is 48.5. The van der Waals surface area contributed by atoms with Gasteiger partial charge in [0.15, 0.2) is 0 Å². The second-order valence-electron chi connectivity index (χ2n) is 20.6. The molecule has 1 atom stereocenters. The zero-order valence-corrected chi connectivity index (χ0v) is 43.5. The molecule has 1 aliphatic heterocycles. The Morgan fingerprint density at radius 2 is 0.825 bits per heavy atom. The summed E-state index contributed by atoms with van der Waals surface area (Å²) in [5.74, 6) is 1.47. The lowest BCUT2D eigenvalue weighted by Crippen LogP contribution is -2.42. The van der Waals surface area contributed by atoms with Crippen molar-refractivity contribution in [2.24, 2.45) is 11.8 Å². The largest absolute Gasteiger partial charge is 0.466 e. The highest BCUT2D eigenvalue weighted by molar-refractivity contribution is 5.69. The van der Waals surface area contributed by atoms with Gasteiger partial charge < -0.3 is 19.1 Å². The van der Waals surface area contributed by atoms with E-state index in [1.165, 1.54) is 199 Å². The smallest absolute Gasteiger partial charge is 0.305 e. The number of esters is 2. The first-order chi connectivity index (χ1) is 30.8. The van der Waals surface area contributed by atoms with E-state index in [4.69, 9.17) is 14.2 Å². The molecule has 0 bridgehead atoms. The van der Waals surface area contributed by atoms with Gasteiger partial charge in [-0.25, -0.2) is 0 Å². The molecular formula is C57H111NO5. The monoisotopic (exact) mass is 890 g/mol. The topological polar surface area (TPSA) is 65.1 Å². The third kappa shape index (κ3) is 36.6. The molecule has 0 aliphatic carbocycles. The number of piperidine rings is 1. The molecule has 1 unspecified atom stereocenters. The predicted molar refractivity (Wildman–Crippen MR) is 272 cm³/mol. The van der Waals surface area contributed by atoms with Crippen LogP contribution >= 0.6 is 0 Å². The van der Waals surface area contributed by atoms with Gasteiger partial charge in [-0.1, -0.05) is 221 Å². The van der Waals surface area contributed by atoms with E-state index in [1.807, 2.05) is 0 Å². The van der Waals surface area contributed by atoms with Crippen molar-refractivity contribution in [2.75, 3.05) is 32.8 Å². The van der Waals surface area contributed by atoms with Crippen LogP contribution in [0.15, 0.2) is 0 Å². The molecule has 6 nitrogen and oxygen atoms in total. The molecule has 0 aromatic heterocycles. The van der Waals surface area contributed by atoms with Gasteiger partial charge in [-0.05, 0) is 89.6 Å². The van der Waals surface area contributed by atoms with Crippen LogP contribution in [0.2, 0.25) is 0 Å². The van der Waals surface area contributed by atoms with Gasteiger partial charge >= 0.3 is 11.9 Å². The number of likely N-dealkylation sites (tertiary alicyclic amines) is 1. The second-order valence-corrected chi connectivity index (χ2v) is 20.6. The van der Waals surface area contributed by atoms with Crippen molar-refractivity contribution in [3.05, 3.63) is 0 Å². The van der Waals surface area contributed by atoms with Crippen molar-refractivity contribution in [3.8, 4) is 0 Å². The Hall–Kier alpha value is -1.14. The summed E-state index contributed by atoms with van der Waals surface area (Å²) < 4.78 is 18.5. The SMILES string of the molecule is CCCCCC(CCCCC)CCOC(=O)CCCCCCCCCC(C)(CCCCCCCCCC(=O)OCCC(CCCCC)CCCCC)OC(CC)CN1CCCCC1. The number of ether oxygens (including phenoxy) is 3. The number of rotatable bonds is 47. The summed E-state index contributed by atoms with van der Waals surface area (Å²) in [5.41, 5.74) is -0.0484. The molecule has 1 aliphatic rings. The standard InChI is InChI=1S/C57H111NO5/c1-7-12-27-37-52(38-28-13-8-2)43-49-61-55(59)41-31-22-18-16-20-24-33-45-57(6,63-54(11-5)51-58-47-35-26-36-48-58)46-34-25-21-17-19-23-32-42-56(60)62-50-44-53(39-29-14-9-3)40-30-15-10-4/h52-54H,7-51H2,1-6H3. The number of carbonyl (C=O) groups excluding carboxylic acids is 2. The molecule has 1 heterocycles. The van der Waals surface area contributed by atoms with Crippen LogP contribution in [0.25, 0.3) is 0 Å². The molecule has 1 saturated heterocycles. The zero-order valence-electron chi connectivity index (χ0n) is 43.5. The van der Waals surface area contributed by atoms with E-state index < -0.39 is 0 Å². The van der Waals surface area contributed by atoms with Crippen LogP contribution < -0.4 is 0 Å². The van der Waals surface area contributed by atoms with Gasteiger partial charge in [0.25, 0.3) is 0 Å². The van der Waals surface area contributed by atoms with Gasteiger partial charge in [0, 0.05) is 19.4 Å². The van der Waals surface area contributed by atoms with Crippen molar-refractivity contribution in [3.63, 3.8) is 0 Å². The van der Waals surface area contributed by atoms with E-state index in [-0.39, 0.29) is 17.5 Å². The molecule has 0 spiro atoms. The van der Waals surface area contributed by atoms with E-state index in [0.29, 0.717) is 32.2 Å². The highest BCUT2D eigenvalue weighted by Gasteiger charge is 2.29. The maximum atomic E-state index is 12.4. The van der Waals surface area contributed by atoms with E-state index in [2.05, 4.69) is 46.4 Å². The Morgan fingerprint density at radius 3 is 1.19 bits per heavy atom. The van der Waals surface area contributed by atoms with Crippen molar-refractivity contribution in [1.29, 1.82) is 0 Å². The molecule has 6 heteroatoms. The summed E-state index contributed by atoms with van der Waals surface area (Å²) in [7, 11) is 0. The normalized spacial score (nSPS) is 14.2. The number of hydrogen-bond donors (Lipinski definition) is 0. The van der Waals surface area contributed by atoms with Gasteiger partial charge in [-0.3, -0.25) is 9.59 Å². The zero-order chi connectivity index (χ0) is 45.9. The van der Waals surface area contributed by atoms with E-state index in [0.717, 1.165) is 76.2 Å². The second kappa shape index (κ2) is 43.4. The van der Waals surface area contributed by atoms with Gasteiger partial charge in [-0.15, -0.1) is 0 Å². The average Bonchev–Trinajstić information content (AvgIpc) is 3.28. The maximum absolute atomic E-state index is 12.4. The van der Waals surface area contributed by atoms with Crippen molar-refractivity contribution < 1.29 is 23.8 Å². The summed E-state index contributed by atoms with van der Waals surface area (Å²) in [6.45, 7) is 18.6. The Kier molecular flexibility index (Phi) is 41.3. The third-order valence-corrected chi connectivity index (χ3v) is 14.4. The number of hydrogen-bond acceptors (Lipinski definition) is 6. The fourth-order valence-corrected chi connectivity index (χ4v) is 10.1. The molecule has 1 fully saturated rings. The summed E-state index contributed by atoms with van der Waals surface area (Å²) in [5, 5.41) is 0. The van der Waals surface area contributed by atoms with Gasteiger partial charge in [0.2, 0.25) is 0 Å². The molecule has 0 radical (unpaired) electrons. The van der Waals surface area contributed by atoms with Crippen LogP contribution in [0.5, 0.6) is 0 Å². The third-order valence-electron chi connectivity index (χ3n) is 14.4. The van der Waals surface area contributed by atoms with Crippen LogP contribution in [0, 0.1) is 11.8 Å². The molecule has 0 aromatic rings. The molecule has 63 heavy (non-hydrogen) atoms. The Labute approximate surface area is 394 Å². The summed E-state index contributed by atoms with van der Waals surface area (Å²) in [4.78, 5) is 27.6. The summed E-state index contributed by atoms with van der Waals surface area (Å²) in [6, 6.07) is 0. The quantitative estimate of drug-likeness (QED) is 0.0448. The van der Waals surface area contributed by atoms with Crippen LogP contribution in [0.1, 0.15) is 298 Å². The fraction of sp³-hybridized carbons (Fsp3) is 0.965. The lowest BCUT2D eigenvalue weighted by atomic mass is 9.90.